The molecule has 0 spiro atoms. The van der Waals surface area contributed by atoms with Gasteiger partial charge >= 0.3 is 0 Å². The Morgan fingerprint density at radius 1 is 1.21 bits per heavy atom. The highest BCUT2D eigenvalue weighted by atomic mass is 79.9. The molecule has 2 atom stereocenters. The van der Waals surface area contributed by atoms with Crippen molar-refractivity contribution in [2.45, 2.75) is 42.8 Å². The van der Waals surface area contributed by atoms with Crippen LogP contribution in [0.5, 0.6) is 0 Å². The number of hydrogen-bond acceptors (Lipinski definition) is 0. The van der Waals surface area contributed by atoms with Gasteiger partial charge in [0, 0.05) is 5.92 Å². The molecule has 2 rings (SSSR count). The van der Waals surface area contributed by atoms with Crippen LogP contribution in [0.2, 0.25) is 0 Å². The maximum Gasteiger partial charge on any atom is 0.117 e. The van der Waals surface area contributed by atoms with Crippen molar-refractivity contribution in [3.05, 3.63) is 60.0 Å². The second kappa shape index (κ2) is 6.51. The van der Waals surface area contributed by atoms with Crippen LogP contribution in [-0.4, -0.2) is 4.32 Å². The van der Waals surface area contributed by atoms with Crippen molar-refractivity contribution in [1.82, 2.24) is 0 Å². The van der Waals surface area contributed by atoms with E-state index in [4.69, 9.17) is 0 Å². The van der Waals surface area contributed by atoms with Crippen molar-refractivity contribution in [2.24, 2.45) is 0 Å². The molecule has 0 radical (unpaired) electrons. The third kappa shape index (κ3) is 3.56. The Balaban J connectivity index is 2.09. The summed E-state index contributed by atoms with van der Waals surface area (Å²) in [5.41, 5.74) is 1.14. The fourth-order valence-corrected chi connectivity index (χ4v) is 2.97. The minimum absolute atomic E-state index is 0.0538. The molecule has 1 aromatic rings. The Kier molecular flexibility index (Phi) is 4.98. The average molecular weight is 323 g/mol. The molecular formula is C17H20BrF. The average Bonchev–Trinajstić information content (AvgIpc) is 2.43. The van der Waals surface area contributed by atoms with Crippen LogP contribution in [0.15, 0.2) is 54.4 Å². The molecular weight excluding hydrogens is 303 g/mol. The first-order valence-corrected chi connectivity index (χ1v) is 7.76. The zero-order valence-corrected chi connectivity index (χ0v) is 12.9. The third-order valence-electron chi connectivity index (χ3n) is 3.62. The first kappa shape index (κ1) is 14.5. The number of rotatable bonds is 5. The zero-order chi connectivity index (χ0) is 13.7. The van der Waals surface area contributed by atoms with Crippen molar-refractivity contribution in [3.8, 4) is 0 Å². The van der Waals surface area contributed by atoms with Crippen LogP contribution in [0.3, 0.4) is 0 Å². The van der Waals surface area contributed by atoms with Crippen LogP contribution in [0.4, 0.5) is 4.39 Å². The minimum atomic E-state index is -0.576. The van der Waals surface area contributed by atoms with E-state index >= 15 is 0 Å². The predicted octanol–water partition coefficient (Wildman–Crippen LogP) is 5.91. The van der Waals surface area contributed by atoms with Gasteiger partial charge < -0.3 is 0 Å². The lowest BCUT2D eigenvalue weighted by Crippen LogP contribution is -2.22. The van der Waals surface area contributed by atoms with Gasteiger partial charge in [-0.2, -0.15) is 0 Å². The van der Waals surface area contributed by atoms with E-state index in [2.05, 4.69) is 28.9 Å². The summed E-state index contributed by atoms with van der Waals surface area (Å²) in [6.07, 6.45) is 9.98. The summed E-state index contributed by atoms with van der Waals surface area (Å²) in [6, 6.07) is 10.0. The highest BCUT2D eigenvalue weighted by Gasteiger charge is 2.32. The van der Waals surface area contributed by atoms with E-state index in [-0.39, 0.29) is 11.7 Å². The second-order valence-electron chi connectivity index (χ2n) is 5.13. The fourth-order valence-electron chi connectivity index (χ4n) is 2.41. The molecule has 0 N–H and O–H groups in total. The molecule has 0 fully saturated rings. The summed E-state index contributed by atoms with van der Waals surface area (Å²) < 4.78 is 13.8. The lowest BCUT2D eigenvalue weighted by molar-refractivity contribution is 0.504. The summed E-state index contributed by atoms with van der Waals surface area (Å²) in [4.78, 5) is 0. The molecule has 2 heteroatoms. The normalized spacial score (nSPS) is 26.3. The predicted molar refractivity (Wildman–Crippen MR) is 83.3 cm³/mol. The number of halogens is 2. The molecule has 1 aliphatic rings. The lowest BCUT2D eigenvalue weighted by atomic mass is 9.87. The number of allylic oxidation sites excluding steroid dienone is 4. The van der Waals surface area contributed by atoms with E-state index in [1.807, 2.05) is 36.4 Å². The molecule has 1 aliphatic carbocycles. The SMILES string of the molecule is CCCCCC1(Br)C=CC(c2ccccc2)C=C1F. The largest absolute Gasteiger partial charge is 0.210 e. The minimum Gasteiger partial charge on any atom is -0.210 e. The van der Waals surface area contributed by atoms with Crippen LogP contribution >= 0.6 is 15.9 Å². The van der Waals surface area contributed by atoms with Crippen LogP contribution in [0, 0.1) is 0 Å². The molecule has 1 aromatic carbocycles. The monoisotopic (exact) mass is 322 g/mol. The van der Waals surface area contributed by atoms with E-state index < -0.39 is 4.32 Å². The van der Waals surface area contributed by atoms with Crippen molar-refractivity contribution in [3.63, 3.8) is 0 Å². The zero-order valence-electron chi connectivity index (χ0n) is 11.3. The quantitative estimate of drug-likeness (QED) is 0.359. The summed E-state index contributed by atoms with van der Waals surface area (Å²) in [5, 5.41) is 0. The topological polar surface area (TPSA) is 0 Å². The van der Waals surface area contributed by atoms with Gasteiger partial charge in [-0.25, -0.2) is 4.39 Å². The van der Waals surface area contributed by atoms with E-state index in [1.165, 1.54) is 0 Å². The number of unbranched alkanes of at least 4 members (excludes halogenated alkanes) is 2. The maximum absolute atomic E-state index is 14.4. The van der Waals surface area contributed by atoms with E-state index in [1.54, 1.807) is 6.08 Å². The third-order valence-corrected chi connectivity index (χ3v) is 4.66. The standard InChI is InChI=1S/C17H20BrF/c1-2-3-7-11-17(18)12-10-15(13-16(17)19)14-8-5-4-6-9-14/h4-6,8-10,12-13,15H,2-3,7,11H2,1H3. The fraction of sp³-hybridized carbons (Fsp3) is 0.412. The second-order valence-corrected chi connectivity index (χ2v) is 6.54. The molecule has 102 valence electrons. The molecule has 2 unspecified atom stereocenters. The van der Waals surface area contributed by atoms with E-state index in [0.29, 0.717) is 0 Å². The molecule has 0 amide bonds. The van der Waals surface area contributed by atoms with Crippen LogP contribution in [0.1, 0.15) is 44.1 Å². The number of hydrogen-bond donors (Lipinski definition) is 0. The van der Waals surface area contributed by atoms with Gasteiger partial charge in [-0.15, -0.1) is 0 Å². The Bertz CT molecular complexity index is 463. The molecule has 19 heavy (non-hydrogen) atoms. The Hall–Kier alpha value is -0.890. The van der Waals surface area contributed by atoms with E-state index in [0.717, 1.165) is 31.2 Å². The molecule has 0 saturated carbocycles. The van der Waals surface area contributed by atoms with Gasteiger partial charge in [0.2, 0.25) is 0 Å². The maximum atomic E-state index is 14.4. The highest BCUT2D eigenvalue weighted by molar-refractivity contribution is 9.10. The number of benzene rings is 1. The summed E-state index contributed by atoms with van der Waals surface area (Å²) >= 11 is 3.56. The first-order chi connectivity index (χ1) is 9.15. The molecule has 0 nitrogen and oxygen atoms in total. The van der Waals surface area contributed by atoms with Crippen molar-refractivity contribution in [2.75, 3.05) is 0 Å². The van der Waals surface area contributed by atoms with Crippen LogP contribution in [-0.2, 0) is 0 Å². The van der Waals surface area contributed by atoms with E-state index in [9.17, 15) is 4.39 Å². The van der Waals surface area contributed by atoms with Gasteiger partial charge in [-0.3, -0.25) is 0 Å². The van der Waals surface area contributed by atoms with Gasteiger partial charge in [0.15, 0.2) is 0 Å². The smallest absolute Gasteiger partial charge is 0.117 e. The highest BCUT2D eigenvalue weighted by Crippen LogP contribution is 2.41. The Morgan fingerprint density at radius 2 is 1.95 bits per heavy atom. The van der Waals surface area contributed by atoms with Gasteiger partial charge in [-0.1, -0.05) is 84.6 Å². The van der Waals surface area contributed by atoms with Gasteiger partial charge in [0.25, 0.3) is 0 Å². The summed E-state index contributed by atoms with van der Waals surface area (Å²) in [6.45, 7) is 2.16. The lowest BCUT2D eigenvalue weighted by Gasteiger charge is -2.27. The Labute approximate surface area is 123 Å². The van der Waals surface area contributed by atoms with Gasteiger partial charge in [0.1, 0.15) is 5.83 Å². The molecule has 0 saturated heterocycles. The van der Waals surface area contributed by atoms with Gasteiger partial charge in [0.05, 0.1) is 4.32 Å². The van der Waals surface area contributed by atoms with Crippen molar-refractivity contribution >= 4 is 15.9 Å². The van der Waals surface area contributed by atoms with Crippen LogP contribution in [0.25, 0.3) is 0 Å². The van der Waals surface area contributed by atoms with Crippen molar-refractivity contribution < 1.29 is 4.39 Å². The molecule has 0 aromatic heterocycles. The Morgan fingerprint density at radius 3 is 2.58 bits per heavy atom. The molecule has 0 heterocycles. The molecule has 0 aliphatic heterocycles. The van der Waals surface area contributed by atoms with Crippen LogP contribution < -0.4 is 0 Å². The van der Waals surface area contributed by atoms with Crippen molar-refractivity contribution in [1.29, 1.82) is 0 Å². The first-order valence-electron chi connectivity index (χ1n) is 6.97. The summed E-state index contributed by atoms with van der Waals surface area (Å²) in [7, 11) is 0. The summed E-state index contributed by atoms with van der Waals surface area (Å²) in [5.74, 6) is -0.00185. The van der Waals surface area contributed by atoms with Gasteiger partial charge in [-0.05, 0) is 18.1 Å². The molecule has 0 bridgehead atoms. The number of alkyl halides is 1.